The second-order valence-corrected chi connectivity index (χ2v) is 7.23. The summed E-state index contributed by atoms with van der Waals surface area (Å²) >= 11 is 0. The van der Waals surface area contributed by atoms with Gasteiger partial charge in [0.1, 0.15) is 21.4 Å². The summed E-state index contributed by atoms with van der Waals surface area (Å²) in [6.07, 6.45) is 1.26. The molecule has 110 valence electrons. The van der Waals surface area contributed by atoms with Crippen molar-refractivity contribution in [2.45, 2.75) is 26.9 Å². The fourth-order valence-corrected chi connectivity index (χ4v) is 2.39. The lowest BCUT2D eigenvalue weighted by atomic mass is 10.2. The van der Waals surface area contributed by atoms with Gasteiger partial charge in [-0.05, 0) is 32.1 Å². The number of rotatable bonds is 8. The van der Waals surface area contributed by atoms with Crippen molar-refractivity contribution in [2.24, 2.45) is 0 Å². The first kappa shape index (κ1) is 16.2. The van der Waals surface area contributed by atoms with Crippen molar-refractivity contribution in [1.82, 2.24) is 10.2 Å². The van der Waals surface area contributed by atoms with Gasteiger partial charge in [-0.2, -0.15) is 0 Å². The Morgan fingerprint density at radius 2 is 2.11 bits per heavy atom. The lowest BCUT2D eigenvalue weighted by molar-refractivity contribution is 0.303. The van der Waals surface area contributed by atoms with E-state index >= 15 is 0 Å². The number of nitrogens with one attached hydrogen (secondary N) is 1. The van der Waals surface area contributed by atoms with E-state index in [2.05, 4.69) is 12.2 Å². The highest BCUT2D eigenvalue weighted by Gasteiger charge is 2.11. The molecule has 0 unspecified atom stereocenters. The molecular formula is C13H24N2O3S. The molecule has 0 saturated carbocycles. The Morgan fingerprint density at radius 1 is 1.42 bits per heavy atom. The van der Waals surface area contributed by atoms with Gasteiger partial charge in [0.05, 0.1) is 18.8 Å². The molecule has 1 aromatic heterocycles. The van der Waals surface area contributed by atoms with Crippen molar-refractivity contribution in [1.29, 1.82) is 0 Å². The maximum Gasteiger partial charge on any atom is 0.148 e. The van der Waals surface area contributed by atoms with Gasteiger partial charge < -0.3 is 9.73 Å². The lowest BCUT2D eigenvalue weighted by Crippen LogP contribution is -2.24. The smallest absolute Gasteiger partial charge is 0.148 e. The zero-order chi connectivity index (χ0) is 14.5. The molecule has 0 aliphatic carbocycles. The van der Waals surface area contributed by atoms with Gasteiger partial charge in [0, 0.05) is 12.8 Å². The average molecular weight is 288 g/mol. The van der Waals surface area contributed by atoms with Crippen LogP contribution in [0.25, 0.3) is 0 Å². The first-order valence-corrected chi connectivity index (χ1v) is 8.53. The summed E-state index contributed by atoms with van der Waals surface area (Å²) < 4.78 is 28.0. The van der Waals surface area contributed by atoms with E-state index in [-0.39, 0.29) is 5.75 Å². The second kappa shape index (κ2) is 7.07. The molecule has 0 spiro atoms. The summed E-state index contributed by atoms with van der Waals surface area (Å²) in [6.45, 7) is 6.86. The number of nitrogens with zero attached hydrogens (tertiary/aromatic N) is 1. The van der Waals surface area contributed by atoms with Gasteiger partial charge in [0.15, 0.2) is 0 Å². The highest BCUT2D eigenvalue weighted by Crippen LogP contribution is 2.15. The first-order chi connectivity index (χ1) is 8.81. The molecule has 0 radical (unpaired) electrons. The predicted octanol–water partition coefficient (Wildman–Crippen LogP) is 1.17. The summed E-state index contributed by atoms with van der Waals surface area (Å²) in [6, 6.07) is 2.02. The van der Waals surface area contributed by atoms with Crippen molar-refractivity contribution < 1.29 is 12.8 Å². The maximum absolute atomic E-state index is 11.1. The normalized spacial score (nSPS) is 12.3. The molecule has 5 nitrogen and oxygen atoms in total. The molecule has 0 fully saturated rings. The maximum atomic E-state index is 11.1. The fraction of sp³-hybridized carbons (Fsp3) is 0.692. The van der Waals surface area contributed by atoms with Crippen molar-refractivity contribution in [3.05, 3.63) is 23.2 Å². The molecule has 0 aromatic carbocycles. The van der Waals surface area contributed by atoms with Crippen LogP contribution in [0.15, 0.2) is 10.5 Å². The van der Waals surface area contributed by atoms with Crippen LogP contribution in [0.2, 0.25) is 0 Å². The molecule has 0 aliphatic heterocycles. The summed E-state index contributed by atoms with van der Waals surface area (Å²) in [5, 5.41) is 3.23. The van der Waals surface area contributed by atoms with Crippen LogP contribution in [0, 0.1) is 6.92 Å². The molecule has 0 atom stereocenters. The minimum absolute atomic E-state index is 0.174. The second-order valence-electron chi connectivity index (χ2n) is 4.97. The largest absolute Gasteiger partial charge is 0.463 e. The number of sulfone groups is 1. The summed E-state index contributed by atoms with van der Waals surface area (Å²) in [7, 11) is -1.01. The van der Waals surface area contributed by atoms with Crippen LogP contribution in [0.1, 0.15) is 24.0 Å². The lowest BCUT2D eigenvalue weighted by Gasteiger charge is -2.13. The third kappa shape index (κ3) is 6.22. The molecule has 0 amide bonds. The van der Waals surface area contributed by atoms with E-state index < -0.39 is 9.84 Å². The molecule has 0 aliphatic rings. The van der Waals surface area contributed by atoms with E-state index in [1.165, 1.54) is 6.26 Å². The molecule has 0 bridgehead atoms. The zero-order valence-corrected chi connectivity index (χ0v) is 13.0. The van der Waals surface area contributed by atoms with Crippen molar-refractivity contribution in [3.63, 3.8) is 0 Å². The Kier molecular flexibility index (Phi) is 6.03. The standard InChI is InChI=1S/C13H24N2O3S/c1-5-14-9-13-11(2)8-12(18-13)10-15(3)6-7-19(4,16)17/h8,14H,5-7,9-10H2,1-4H3. The minimum atomic E-state index is -2.91. The fourth-order valence-electron chi connectivity index (χ4n) is 1.75. The highest BCUT2D eigenvalue weighted by molar-refractivity contribution is 7.90. The average Bonchev–Trinajstić information content (AvgIpc) is 2.63. The SMILES string of the molecule is CCNCc1oc(CN(C)CCS(C)(=O)=O)cc1C. The first-order valence-electron chi connectivity index (χ1n) is 6.47. The summed E-state index contributed by atoms with van der Waals surface area (Å²) in [5.41, 5.74) is 1.13. The van der Waals surface area contributed by atoms with Gasteiger partial charge in [-0.15, -0.1) is 0 Å². The molecule has 6 heteroatoms. The quantitative estimate of drug-likeness (QED) is 0.778. The van der Waals surface area contributed by atoms with Gasteiger partial charge in [-0.1, -0.05) is 6.92 Å². The van der Waals surface area contributed by atoms with E-state index in [1.54, 1.807) is 0 Å². The van der Waals surface area contributed by atoms with Gasteiger partial charge in [-0.25, -0.2) is 8.42 Å². The van der Waals surface area contributed by atoms with Crippen LogP contribution >= 0.6 is 0 Å². The highest BCUT2D eigenvalue weighted by atomic mass is 32.2. The van der Waals surface area contributed by atoms with Crippen LogP contribution in [0.3, 0.4) is 0 Å². The van der Waals surface area contributed by atoms with Crippen LogP contribution < -0.4 is 5.32 Å². The number of aryl methyl sites for hydroxylation is 1. The van der Waals surface area contributed by atoms with Crippen LogP contribution in [0.5, 0.6) is 0 Å². The summed E-state index contributed by atoms with van der Waals surface area (Å²) in [4.78, 5) is 1.95. The Bertz CT molecular complexity index is 494. The Hall–Kier alpha value is -0.850. The van der Waals surface area contributed by atoms with Crippen LogP contribution in [0.4, 0.5) is 0 Å². The molecule has 19 heavy (non-hydrogen) atoms. The molecule has 1 aromatic rings. The zero-order valence-electron chi connectivity index (χ0n) is 12.2. The summed E-state index contributed by atoms with van der Waals surface area (Å²) in [5.74, 6) is 2.00. The third-order valence-electron chi connectivity index (χ3n) is 2.88. The molecular weight excluding hydrogens is 264 g/mol. The Morgan fingerprint density at radius 3 is 2.68 bits per heavy atom. The van der Waals surface area contributed by atoms with Crippen molar-refractivity contribution in [2.75, 3.05) is 32.1 Å². The van der Waals surface area contributed by atoms with E-state index in [0.717, 1.165) is 30.2 Å². The van der Waals surface area contributed by atoms with Crippen LogP contribution in [-0.4, -0.2) is 45.5 Å². The Balaban J connectivity index is 2.52. The van der Waals surface area contributed by atoms with Crippen molar-refractivity contribution >= 4 is 9.84 Å². The predicted molar refractivity (Wildman–Crippen MR) is 76.9 cm³/mol. The minimum Gasteiger partial charge on any atom is -0.463 e. The van der Waals surface area contributed by atoms with E-state index in [1.807, 2.05) is 24.9 Å². The van der Waals surface area contributed by atoms with E-state index in [9.17, 15) is 8.42 Å². The van der Waals surface area contributed by atoms with E-state index in [4.69, 9.17) is 4.42 Å². The number of hydrogen-bond donors (Lipinski definition) is 1. The topological polar surface area (TPSA) is 62.6 Å². The monoisotopic (exact) mass is 288 g/mol. The molecule has 1 heterocycles. The van der Waals surface area contributed by atoms with Crippen LogP contribution in [-0.2, 0) is 22.9 Å². The molecule has 0 saturated heterocycles. The number of hydrogen-bond acceptors (Lipinski definition) is 5. The van der Waals surface area contributed by atoms with Gasteiger partial charge >= 0.3 is 0 Å². The molecule has 1 rings (SSSR count). The molecule has 1 N–H and O–H groups in total. The van der Waals surface area contributed by atoms with Crippen molar-refractivity contribution in [3.8, 4) is 0 Å². The Labute approximate surface area is 115 Å². The van der Waals surface area contributed by atoms with E-state index in [0.29, 0.717) is 13.1 Å². The third-order valence-corrected chi connectivity index (χ3v) is 3.80. The number of furan rings is 1. The van der Waals surface area contributed by atoms with Gasteiger partial charge in [-0.3, -0.25) is 4.90 Å². The van der Waals surface area contributed by atoms with Gasteiger partial charge in [0.25, 0.3) is 0 Å². The van der Waals surface area contributed by atoms with Gasteiger partial charge in [0.2, 0.25) is 0 Å².